The van der Waals surface area contributed by atoms with Crippen molar-refractivity contribution in [3.63, 3.8) is 0 Å². The topological polar surface area (TPSA) is 113 Å². The number of aromatic amines is 1. The molecule has 0 saturated carbocycles. The fourth-order valence-corrected chi connectivity index (χ4v) is 7.36. The summed E-state index contributed by atoms with van der Waals surface area (Å²) < 4.78 is 32.8. The number of hydroxylamine groups is 2. The summed E-state index contributed by atoms with van der Waals surface area (Å²) in [7, 11) is 5.11. The molecule has 5 atom stereocenters. The molecule has 1 spiro atoms. The lowest BCUT2D eigenvalue weighted by atomic mass is 9.79. The van der Waals surface area contributed by atoms with Crippen molar-refractivity contribution in [3.05, 3.63) is 128 Å². The average molecular weight is 628 g/mol. The zero-order valence-electron chi connectivity index (χ0n) is 26.2. The van der Waals surface area contributed by atoms with Gasteiger partial charge in [-0.05, 0) is 47.9 Å². The van der Waals surface area contributed by atoms with Gasteiger partial charge in [0.25, 0.3) is 5.56 Å². The number of likely N-dealkylation sites (N-methyl/N-ethyl adjacent to an activating group) is 1. The maximum absolute atomic E-state index is 13.2. The van der Waals surface area contributed by atoms with Crippen LogP contribution in [0, 0.1) is 12.8 Å². The molecule has 3 aliphatic heterocycles. The Balaban J connectivity index is 1.34. The van der Waals surface area contributed by atoms with Gasteiger partial charge in [0.05, 0.1) is 34.0 Å². The Kier molecular flexibility index (Phi) is 7.82. The van der Waals surface area contributed by atoms with Gasteiger partial charge in [-0.15, -0.1) is 0 Å². The van der Waals surface area contributed by atoms with Crippen LogP contribution in [-0.2, 0) is 24.6 Å². The minimum atomic E-state index is -1.07. The van der Waals surface area contributed by atoms with E-state index in [4.69, 9.17) is 28.5 Å². The van der Waals surface area contributed by atoms with Gasteiger partial charge in [0.2, 0.25) is 0 Å². The molecule has 11 heteroatoms. The highest BCUT2D eigenvalue weighted by atomic mass is 16.7. The Morgan fingerprint density at radius 1 is 0.891 bits per heavy atom. The van der Waals surface area contributed by atoms with Gasteiger partial charge in [-0.2, -0.15) is 5.06 Å². The van der Waals surface area contributed by atoms with Crippen LogP contribution in [0.2, 0.25) is 0 Å². The lowest BCUT2D eigenvalue weighted by Gasteiger charge is -2.38. The summed E-state index contributed by atoms with van der Waals surface area (Å²) in [5, 5.41) is 1.77. The third-order valence-electron chi connectivity index (χ3n) is 9.67. The minimum absolute atomic E-state index is 0.0707. The van der Waals surface area contributed by atoms with E-state index in [2.05, 4.69) is 4.98 Å². The molecular formula is C35H37N3O8. The first kappa shape index (κ1) is 30.4. The predicted octanol–water partition coefficient (Wildman–Crippen LogP) is 3.40. The summed E-state index contributed by atoms with van der Waals surface area (Å²) in [6, 6.07) is 25.7. The molecule has 0 radical (unpaired) electrons. The van der Waals surface area contributed by atoms with E-state index >= 15 is 0 Å². The molecule has 3 aromatic carbocycles. The van der Waals surface area contributed by atoms with Crippen molar-refractivity contribution in [1.29, 1.82) is 0 Å². The first-order chi connectivity index (χ1) is 22.3. The summed E-state index contributed by atoms with van der Waals surface area (Å²) in [6.45, 7) is 2.62. The molecular weight excluding hydrogens is 590 g/mol. The number of methoxy groups -OCH3 is 2. The number of hydrogen-bond acceptors (Lipinski definition) is 9. The second-order valence-corrected chi connectivity index (χ2v) is 12.0. The fourth-order valence-electron chi connectivity index (χ4n) is 7.36. The molecule has 11 nitrogen and oxygen atoms in total. The maximum Gasteiger partial charge on any atom is 0.330 e. The van der Waals surface area contributed by atoms with Crippen LogP contribution < -0.4 is 20.7 Å². The van der Waals surface area contributed by atoms with Gasteiger partial charge in [0, 0.05) is 24.7 Å². The molecule has 0 amide bonds. The quantitative estimate of drug-likeness (QED) is 0.279. The van der Waals surface area contributed by atoms with Crippen LogP contribution in [0.5, 0.6) is 11.5 Å². The van der Waals surface area contributed by atoms with E-state index in [-0.39, 0.29) is 12.5 Å². The summed E-state index contributed by atoms with van der Waals surface area (Å²) in [4.78, 5) is 34.0. The molecule has 1 aromatic heterocycles. The number of nitrogens with one attached hydrogen (secondary N) is 1. The minimum Gasteiger partial charge on any atom is -0.497 e. The van der Waals surface area contributed by atoms with E-state index in [1.165, 1.54) is 4.57 Å². The summed E-state index contributed by atoms with van der Waals surface area (Å²) >= 11 is 0. The Morgan fingerprint density at radius 3 is 2.11 bits per heavy atom. The van der Waals surface area contributed by atoms with Crippen LogP contribution >= 0.6 is 0 Å². The summed E-state index contributed by atoms with van der Waals surface area (Å²) in [5.41, 5.74) is 0.185. The monoisotopic (exact) mass is 627 g/mol. The second kappa shape index (κ2) is 11.8. The van der Waals surface area contributed by atoms with E-state index in [1.807, 2.05) is 85.9 Å². The molecule has 3 fully saturated rings. The van der Waals surface area contributed by atoms with Crippen LogP contribution in [0.25, 0.3) is 0 Å². The van der Waals surface area contributed by atoms with Gasteiger partial charge in [-0.1, -0.05) is 54.6 Å². The lowest BCUT2D eigenvalue weighted by Crippen LogP contribution is -2.56. The highest BCUT2D eigenvalue weighted by Crippen LogP contribution is 2.55. The average Bonchev–Trinajstić information content (AvgIpc) is 3.73. The van der Waals surface area contributed by atoms with Crippen molar-refractivity contribution in [1.82, 2.24) is 14.6 Å². The Labute approximate surface area is 266 Å². The number of benzene rings is 3. The zero-order valence-corrected chi connectivity index (χ0v) is 26.2. The SMILES string of the molecule is COc1ccc(C(OC[C@H]2O[C@@H](n3cc(C)c(=O)[nH]c3=O)[C@]34[C@H](CO[C@H]23)CON4C)(c2ccccc2)c2ccc(OC)cc2)cc1. The Hall–Kier alpha value is -4.26. The van der Waals surface area contributed by atoms with E-state index < -0.39 is 40.8 Å². The van der Waals surface area contributed by atoms with Crippen molar-refractivity contribution in [2.75, 3.05) is 41.1 Å². The van der Waals surface area contributed by atoms with Crippen LogP contribution in [0.3, 0.4) is 0 Å². The van der Waals surface area contributed by atoms with Gasteiger partial charge in [0.1, 0.15) is 34.8 Å². The molecule has 0 unspecified atom stereocenters. The zero-order chi connectivity index (χ0) is 32.1. The van der Waals surface area contributed by atoms with Crippen molar-refractivity contribution in [2.45, 2.75) is 36.5 Å². The van der Waals surface area contributed by atoms with Gasteiger partial charge >= 0.3 is 5.69 Å². The molecule has 3 aliphatic rings. The number of ether oxygens (including phenoxy) is 5. The summed E-state index contributed by atoms with van der Waals surface area (Å²) in [5.74, 6) is 1.38. The number of H-pyrrole nitrogens is 1. The smallest absolute Gasteiger partial charge is 0.330 e. The highest BCUT2D eigenvalue weighted by Gasteiger charge is 2.71. The van der Waals surface area contributed by atoms with E-state index in [0.717, 1.165) is 28.2 Å². The molecule has 3 saturated heterocycles. The van der Waals surface area contributed by atoms with Crippen molar-refractivity contribution < 1.29 is 28.5 Å². The molecule has 46 heavy (non-hydrogen) atoms. The second-order valence-electron chi connectivity index (χ2n) is 12.0. The van der Waals surface area contributed by atoms with Crippen LogP contribution in [-0.4, -0.2) is 73.4 Å². The molecule has 1 N–H and O–H groups in total. The van der Waals surface area contributed by atoms with Gasteiger partial charge < -0.3 is 23.7 Å². The van der Waals surface area contributed by atoms with E-state index in [1.54, 1.807) is 32.4 Å². The van der Waals surface area contributed by atoms with Gasteiger partial charge in [-0.3, -0.25) is 19.2 Å². The van der Waals surface area contributed by atoms with Crippen molar-refractivity contribution in [3.8, 4) is 11.5 Å². The first-order valence-corrected chi connectivity index (χ1v) is 15.3. The first-order valence-electron chi connectivity index (χ1n) is 15.3. The standard InChI is InChI=1S/C35H37N3O8/c1-22-18-38(33(40)36-31(22)39)32-34-26(20-45-37(34)2)19-43-30(34)29(46-32)21-44-35(23-8-6-5-7-9-23,24-10-14-27(41-3)15-11-24)25-12-16-28(42-4)17-13-25/h5-18,26,29-30,32H,19-21H2,1-4H3,(H,36,39,40)/t26-,29-,30-,32-,34+/m1/s1. The Morgan fingerprint density at radius 2 is 1.50 bits per heavy atom. The maximum atomic E-state index is 13.2. The normalized spacial score (nSPS) is 25.7. The highest BCUT2D eigenvalue weighted by molar-refractivity contribution is 5.49. The van der Waals surface area contributed by atoms with Crippen LogP contribution in [0.1, 0.15) is 28.5 Å². The number of rotatable bonds is 9. The third kappa shape index (κ3) is 4.61. The van der Waals surface area contributed by atoms with Gasteiger partial charge in [-0.25, -0.2) is 4.79 Å². The van der Waals surface area contributed by atoms with Crippen molar-refractivity contribution >= 4 is 0 Å². The largest absolute Gasteiger partial charge is 0.497 e. The number of nitrogens with zero attached hydrogens (tertiary/aromatic N) is 2. The molecule has 4 aromatic rings. The third-order valence-corrected chi connectivity index (χ3v) is 9.67. The summed E-state index contributed by atoms with van der Waals surface area (Å²) in [6.07, 6.45) is -0.347. The number of aryl methyl sites for hydroxylation is 1. The van der Waals surface area contributed by atoms with Crippen LogP contribution in [0.4, 0.5) is 0 Å². The van der Waals surface area contributed by atoms with E-state index in [0.29, 0.717) is 18.8 Å². The molecule has 4 heterocycles. The van der Waals surface area contributed by atoms with Gasteiger partial charge in [0.15, 0.2) is 6.23 Å². The van der Waals surface area contributed by atoms with E-state index in [9.17, 15) is 9.59 Å². The lowest BCUT2D eigenvalue weighted by molar-refractivity contribution is -0.182. The van der Waals surface area contributed by atoms with Crippen molar-refractivity contribution in [2.24, 2.45) is 5.92 Å². The predicted molar refractivity (Wildman–Crippen MR) is 168 cm³/mol. The Bertz CT molecular complexity index is 1760. The fraction of sp³-hybridized carbons (Fsp3) is 0.371. The molecule has 0 aliphatic carbocycles. The number of hydrogen-bond donors (Lipinski definition) is 1. The molecule has 7 rings (SSSR count). The molecule has 0 bridgehead atoms. The van der Waals surface area contributed by atoms with Crippen LogP contribution in [0.15, 0.2) is 94.6 Å². The number of aromatic nitrogens is 2. The molecule has 240 valence electrons.